The van der Waals surface area contributed by atoms with Crippen molar-refractivity contribution in [3.63, 3.8) is 0 Å². The zero-order chi connectivity index (χ0) is 10.4. The number of carbonyl (C=O) groups is 2. The molecule has 0 bridgehead atoms. The lowest BCUT2D eigenvalue weighted by Gasteiger charge is -1.95. The standard InChI is InChI=1S/C9H6N2O3/c1-14-9(13)8-10-5-7(6-11-8)3-2-4-12/h4-6H,1H3. The van der Waals surface area contributed by atoms with Gasteiger partial charge in [0.25, 0.3) is 0 Å². The zero-order valence-corrected chi connectivity index (χ0v) is 7.35. The molecule has 14 heavy (non-hydrogen) atoms. The summed E-state index contributed by atoms with van der Waals surface area (Å²) in [5, 5.41) is 0. The van der Waals surface area contributed by atoms with Gasteiger partial charge in [-0.1, -0.05) is 5.92 Å². The summed E-state index contributed by atoms with van der Waals surface area (Å²) < 4.78 is 4.40. The molecule has 0 fully saturated rings. The molecule has 0 amide bonds. The molecule has 0 aromatic carbocycles. The van der Waals surface area contributed by atoms with Crippen molar-refractivity contribution in [1.29, 1.82) is 0 Å². The summed E-state index contributed by atoms with van der Waals surface area (Å²) in [5.74, 6) is 4.03. The Hall–Kier alpha value is -2.22. The van der Waals surface area contributed by atoms with Crippen LogP contribution in [0.1, 0.15) is 16.2 Å². The van der Waals surface area contributed by atoms with Gasteiger partial charge in [-0.15, -0.1) is 0 Å². The summed E-state index contributed by atoms with van der Waals surface area (Å²) in [6.45, 7) is 0. The number of methoxy groups -OCH3 is 1. The van der Waals surface area contributed by atoms with Crippen LogP contribution in [-0.2, 0) is 9.53 Å². The molecule has 1 rings (SSSR count). The minimum atomic E-state index is -0.611. The predicted octanol–water partition coefficient (Wildman–Crippen LogP) is -0.186. The van der Waals surface area contributed by atoms with E-state index < -0.39 is 5.97 Å². The zero-order valence-electron chi connectivity index (χ0n) is 7.35. The van der Waals surface area contributed by atoms with E-state index in [0.29, 0.717) is 11.8 Å². The Morgan fingerprint density at radius 1 is 1.50 bits per heavy atom. The van der Waals surface area contributed by atoms with Crippen LogP contribution < -0.4 is 0 Å². The van der Waals surface area contributed by atoms with Gasteiger partial charge in [-0.25, -0.2) is 14.8 Å². The van der Waals surface area contributed by atoms with E-state index in [2.05, 4.69) is 26.5 Å². The molecule has 0 saturated heterocycles. The molecule has 0 radical (unpaired) electrons. The van der Waals surface area contributed by atoms with Gasteiger partial charge in [0, 0.05) is 12.4 Å². The Kier molecular flexibility index (Phi) is 3.33. The van der Waals surface area contributed by atoms with Crippen LogP contribution in [0.5, 0.6) is 0 Å². The molecule has 0 saturated carbocycles. The Labute approximate surface area is 80.1 Å². The summed E-state index contributed by atoms with van der Waals surface area (Å²) in [7, 11) is 1.24. The van der Waals surface area contributed by atoms with Gasteiger partial charge in [0.15, 0.2) is 6.29 Å². The maximum atomic E-state index is 10.9. The smallest absolute Gasteiger partial charge is 0.376 e. The van der Waals surface area contributed by atoms with Crippen molar-refractivity contribution in [3.8, 4) is 11.8 Å². The average Bonchev–Trinajstić information content (AvgIpc) is 2.26. The third-order valence-electron chi connectivity index (χ3n) is 1.30. The van der Waals surface area contributed by atoms with Gasteiger partial charge in [0.05, 0.1) is 12.7 Å². The molecule has 0 atom stereocenters. The van der Waals surface area contributed by atoms with Gasteiger partial charge in [0.2, 0.25) is 5.82 Å². The summed E-state index contributed by atoms with van der Waals surface area (Å²) in [6.07, 6.45) is 3.15. The normalized spacial score (nSPS) is 8.36. The third kappa shape index (κ3) is 2.38. The summed E-state index contributed by atoms with van der Waals surface area (Å²) in [5.41, 5.74) is 0.463. The van der Waals surface area contributed by atoms with E-state index in [1.54, 1.807) is 0 Å². The van der Waals surface area contributed by atoms with E-state index >= 15 is 0 Å². The average molecular weight is 190 g/mol. The van der Waals surface area contributed by atoms with E-state index in [-0.39, 0.29) is 5.82 Å². The molecule has 1 aromatic heterocycles. The Balaban J connectivity index is 2.88. The number of aldehydes is 1. The SMILES string of the molecule is COC(=O)c1ncc(C#CC=O)cn1. The number of hydrogen-bond acceptors (Lipinski definition) is 5. The van der Waals surface area contributed by atoms with Crippen molar-refractivity contribution in [2.45, 2.75) is 0 Å². The lowest BCUT2D eigenvalue weighted by molar-refractivity contribution is -0.103. The molecular weight excluding hydrogens is 184 g/mol. The number of nitrogens with zero attached hydrogens (tertiary/aromatic N) is 2. The number of esters is 1. The van der Waals surface area contributed by atoms with Crippen molar-refractivity contribution in [2.24, 2.45) is 0 Å². The Morgan fingerprint density at radius 2 is 2.14 bits per heavy atom. The minimum absolute atomic E-state index is 0.0378. The second-order valence-electron chi connectivity index (χ2n) is 2.17. The van der Waals surface area contributed by atoms with E-state index in [1.165, 1.54) is 19.5 Å². The second-order valence-corrected chi connectivity index (χ2v) is 2.17. The topological polar surface area (TPSA) is 69.2 Å². The monoisotopic (exact) mass is 190 g/mol. The second kappa shape index (κ2) is 4.72. The summed E-state index contributed by atoms with van der Waals surface area (Å²) in [4.78, 5) is 28.2. The summed E-state index contributed by atoms with van der Waals surface area (Å²) in [6, 6.07) is 0. The first kappa shape index (κ1) is 9.86. The van der Waals surface area contributed by atoms with Crippen LogP contribution in [0.15, 0.2) is 12.4 Å². The van der Waals surface area contributed by atoms with Crippen LogP contribution >= 0.6 is 0 Å². The highest BCUT2D eigenvalue weighted by atomic mass is 16.5. The van der Waals surface area contributed by atoms with Crippen LogP contribution in [0.25, 0.3) is 0 Å². The molecule has 70 valence electrons. The first-order chi connectivity index (χ1) is 6.77. The van der Waals surface area contributed by atoms with E-state index in [1.807, 2.05) is 0 Å². The molecule has 0 spiro atoms. The van der Waals surface area contributed by atoms with Gasteiger partial charge in [0.1, 0.15) is 0 Å². The van der Waals surface area contributed by atoms with E-state index in [9.17, 15) is 9.59 Å². The molecule has 1 aromatic rings. The first-order valence-corrected chi connectivity index (χ1v) is 3.63. The minimum Gasteiger partial charge on any atom is -0.463 e. The Bertz CT molecular complexity index is 400. The fourth-order valence-corrected chi connectivity index (χ4v) is 0.702. The Morgan fingerprint density at radius 3 is 2.64 bits per heavy atom. The fourth-order valence-electron chi connectivity index (χ4n) is 0.702. The lowest BCUT2D eigenvalue weighted by atomic mass is 10.3. The molecule has 5 nitrogen and oxygen atoms in total. The lowest BCUT2D eigenvalue weighted by Crippen LogP contribution is -2.06. The molecule has 0 aliphatic rings. The highest BCUT2D eigenvalue weighted by Crippen LogP contribution is 1.95. The van der Waals surface area contributed by atoms with Gasteiger partial charge < -0.3 is 4.74 Å². The molecule has 0 aliphatic heterocycles. The van der Waals surface area contributed by atoms with Crippen molar-refractivity contribution in [1.82, 2.24) is 9.97 Å². The van der Waals surface area contributed by atoms with Gasteiger partial charge >= 0.3 is 5.97 Å². The van der Waals surface area contributed by atoms with Crippen LogP contribution in [0.4, 0.5) is 0 Å². The van der Waals surface area contributed by atoms with Gasteiger partial charge in [-0.05, 0) is 5.92 Å². The number of carbonyl (C=O) groups excluding carboxylic acids is 2. The molecular formula is C9H6N2O3. The van der Waals surface area contributed by atoms with Crippen LogP contribution in [0, 0.1) is 11.8 Å². The van der Waals surface area contributed by atoms with Crippen molar-refractivity contribution < 1.29 is 14.3 Å². The maximum Gasteiger partial charge on any atom is 0.376 e. The van der Waals surface area contributed by atoms with Crippen molar-refractivity contribution in [2.75, 3.05) is 7.11 Å². The van der Waals surface area contributed by atoms with Crippen LogP contribution in [0.3, 0.4) is 0 Å². The third-order valence-corrected chi connectivity index (χ3v) is 1.30. The predicted molar refractivity (Wildman–Crippen MR) is 46.3 cm³/mol. The molecule has 0 aliphatic carbocycles. The maximum absolute atomic E-state index is 10.9. The van der Waals surface area contributed by atoms with Crippen LogP contribution in [-0.4, -0.2) is 29.3 Å². The van der Waals surface area contributed by atoms with Crippen LogP contribution in [0.2, 0.25) is 0 Å². The van der Waals surface area contributed by atoms with Crippen molar-refractivity contribution >= 4 is 12.3 Å². The molecule has 0 N–H and O–H groups in total. The molecule has 5 heteroatoms. The number of ether oxygens (including phenoxy) is 1. The highest BCUT2D eigenvalue weighted by Gasteiger charge is 2.07. The number of rotatable bonds is 1. The van der Waals surface area contributed by atoms with Gasteiger partial charge in [-0.3, -0.25) is 4.79 Å². The number of hydrogen-bond donors (Lipinski definition) is 0. The van der Waals surface area contributed by atoms with E-state index in [4.69, 9.17) is 0 Å². The molecule has 1 heterocycles. The van der Waals surface area contributed by atoms with E-state index in [0.717, 1.165) is 0 Å². The number of aromatic nitrogens is 2. The first-order valence-electron chi connectivity index (χ1n) is 3.63. The quantitative estimate of drug-likeness (QED) is 0.349. The van der Waals surface area contributed by atoms with Crippen molar-refractivity contribution in [3.05, 3.63) is 23.8 Å². The largest absolute Gasteiger partial charge is 0.463 e. The highest BCUT2D eigenvalue weighted by molar-refractivity contribution is 5.84. The van der Waals surface area contributed by atoms with Gasteiger partial charge in [-0.2, -0.15) is 0 Å². The fraction of sp³-hybridized carbons (Fsp3) is 0.111. The summed E-state index contributed by atoms with van der Waals surface area (Å²) >= 11 is 0. The molecule has 0 unspecified atom stereocenters.